The van der Waals surface area contributed by atoms with Crippen LogP contribution in [-0.4, -0.2) is 41.6 Å². The van der Waals surface area contributed by atoms with E-state index < -0.39 is 0 Å². The predicted octanol–water partition coefficient (Wildman–Crippen LogP) is 0.787. The van der Waals surface area contributed by atoms with E-state index in [-0.39, 0.29) is 17.4 Å². The van der Waals surface area contributed by atoms with Gasteiger partial charge in [0.1, 0.15) is 5.82 Å². The molecule has 0 amide bonds. The first-order chi connectivity index (χ1) is 9.83. The van der Waals surface area contributed by atoms with Crippen molar-refractivity contribution in [1.82, 2.24) is 9.97 Å². The molecule has 0 aliphatic carbocycles. The number of nitrogens with zero attached hydrogens (tertiary/aromatic N) is 4. The Morgan fingerprint density at radius 3 is 2.90 bits per heavy atom. The molecule has 0 radical (unpaired) electrons. The van der Waals surface area contributed by atoms with Gasteiger partial charge in [-0.1, -0.05) is 20.8 Å². The Balaban J connectivity index is 2.00. The summed E-state index contributed by atoms with van der Waals surface area (Å²) in [5, 5.41) is 3.28. The van der Waals surface area contributed by atoms with Crippen molar-refractivity contribution in [2.75, 3.05) is 29.9 Å². The van der Waals surface area contributed by atoms with E-state index in [0.29, 0.717) is 5.95 Å². The Bertz CT molecular complexity index is 502. The van der Waals surface area contributed by atoms with Crippen LogP contribution in [0, 0.1) is 5.41 Å². The summed E-state index contributed by atoms with van der Waals surface area (Å²) in [7, 11) is 0. The van der Waals surface area contributed by atoms with Gasteiger partial charge in [-0.25, -0.2) is 9.98 Å². The molecule has 1 aromatic heterocycles. The minimum atomic E-state index is 0.149. The van der Waals surface area contributed by atoms with E-state index in [4.69, 9.17) is 11.5 Å². The zero-order valence-corrected chi connectivity index (χ0v) is 13.0. The molecule has 5 N–H and O–H groups in total. The number of guanidine groups is 1. The highest BCUT2D eigenvalue weighted by Crippen LogP contribution is 2.21. The quantitative estimate of drug-likeness (QED) is 0.559. The van der Waals surface area contributed by atoms with Crippen molar-refractivity contribution in [2.45, 2.75) is 33.2 Å². The summed E-state index contributed by atoms with van der Waals surface area (Å²) in [6.07, 6.45) is 2.72. The number of aliphatic imine (C=N–C) groups is 1. The molecule has 1 aliphatic heterocycles. The molecule has 116 valence electrons. The van der Waals surface area contributed by atoms with Gasteiger partial charge in [0.25, 0.3) is 0 Å². The van der Waals surface area contributed by atoms with E-state index in [0.717, 1.165) is 31.9 Å². The second-order valence-electron chi connectivity index (χ2n) is 6.60. The molecule has 7 heteroatoms. The number of nitrogens with two attached hydrogens (primary N) is 2. The smallest absolute Gasteiger partial charge is 0.224 e. The van der Waals surface area contributed by atoms with Gasteiger partial charge in [0.15, 0.2) is 5.96 Å². The summed E-state index contributed by atoms with van der Waals surface area (Å²) >= 11 is 0. The lowest BCUT2D eigenvalue weighted by Gasteiger charge is -2.20. The summed E-state index contributed by atoms with van der Waals surface area (Å²) in [6.45, 7) is 9.02. The minimum Gasteiger partial charge on any atom is -0.370 e. The molecular weight excluding hydrogens is 266 g/mol. The number of rotatable bonds is 4. The van der Waals surface area contributed by atoms with Gasteiger partial charge in [0.05, 0.1) is 6.04 Å². The first kappa shape index (κ1) is 15.3. The van der Waals surface area contributed by atoms with Crippen LogP contribution in [0.1, 0.15) is 27.2 Å². The molecule has 0 unspecified atom stereocenters. The van der Waals surface area contributed by atoms with Crippen molar-refractivity contribution in [3.05, 3.63) is 12.3 Å². The zero-order valence-electron chi connectivity index (χ0n) is 13.0. The van der Waals surface area contributed by atoms with Crippen LogP contribution in [0.4, 0.5) is 11.8 Å². The van der Waals surface area contributed by atoms with Gasteiger partial charge >= 0.3 is 0 Å². The monoisotopic (exact) mass is 291 g/mol. The van der Waals surface area contributed by atoms with Crippen LogP contribution in [0.2, 0.25) is 0 Å². The summed E-state index contributed by atoms with van der Waals surface area (Å²) in [5.74, 6) is 1.72. The number of aromatic nitrogens is 2. The Labute approximate surface area is 125 Å². The maximum Gasteiger partial charge on any atom is 0.224 e. The van der Waals surface area contributed by atoms with Crippen molar-refractivity contribution < 1.29 is 0 Å². The maximum atomic E-state index is 5.43. The highest BCUT2D eigenvalue weighted by molar-refractivity contribution is 5.76. The van der Waals surface area contributed by atoms with Gasteiger partial charge < -0.3 is 21.7 Å². The van der Waals surface area contributed by atoms with Gasteiger partial charge in [-0.15, -0.1) is 0 Å². The van der Waals surface area contributed by atoms with Crippen LogP contribution in [0.5, 0.6) is 0 Å². The molecular formula is C14H25N7. The van der Waals surface area contributed by atoms with E-state index >= 15 is 0 Å². The predicted molar refractivity (Wildman–Crippen MR) is 86.4 cm³/mol. The number of hydrogen-bond donors (Lipinski definition) is 3. The standard InChI is InChI=1S/C14H25N7/c1-14(2,3)9-18-13-17-6-4-11(20-13)21-7-5-10(8-21)19-12(15)16/h4,6,10H,5,7-9H2,1-3H3,(H4,15,16,19)(H,17,18,20)/t10-/m1/s1. The summed E-state index contributed by atoms with van der Waals surface area (Å²) in [5.41, 5.74) is 11.1. The number of anilines is 2. The number of nitrogens with one attached hydrogen (secondary N) is 1. The van der Waals surface area contributed by atoms with Crippen molar-refractivity contribution >= 4 is 17.7 Å². The lowest BCUT2D eigenvalue weighted by molar-refractivity contribution is 0.442. The van der Waals surface area contributed by atoms with Crippen LogP contribution in [0.25, 0.3) is 0 Å². The maximum absolute atomic E-state index is 5.43. The molecule has 0 bridgehead atoms. The molecule has 1 saturated heterocycles. The van der Waals surface area contributed by atoms with E-state index in [2.05, 4.69) is 45.9 Å². The molecule has 0 saturated carbocycles. The third-order valence-electron chi connectivity index (χ3n) is 3.24. The van der Waals surface area contributed by atoms with E-state index in [1.165, 1.54) is 0 Å². The van der Waals surface area contributed by atoms with Gasteiger partial charge in [-0.05, 0) is 17.9 Å². The Kier molecular flexibility index (Phi) is 4.50. The van der Waals surface area contributed by atoms with Crippen molar-refractivity contribution in [1.29, 1.82) is 0 Å². The van der Waals surface area contributed by atoms with Crippen molar-refractivity contribution in [3.63, 3.8) is 0 Å². The van der Waals surface area contributed by atoms with Gasteiger partial charge in [0, 0.05) is 25.8 Å². The lowest BCUT2D eigenvalue weighted by Crippen LogP contribution is -2.27. The van der Waals surface area contributed by atoms with Gasteiger partial charge in [0.2, 0.25) is 5.95 Å². The highest BCUT2D eigenvalue weighted by atomic mass is 15.3. The largest absolute Gasteiger partial charge is 0.370 e. The van der Waals surface area contributed by atoms with Crippen LogP contribution in [0.3, 0.4) is 0 Å². The summed E-state index contributed by atoms with van der Waals surface area (Å²) in [4.78, 5) is 15.2. The third kappa shape index (κ3) is 4.77. The van der Waals surface area contributed by atoms with Crippen molar-refractivity contribution in [2.24, 2.45) is 21.9 Å². The zero-order chi connectivity index (χ0) is 15.5. The van der Waals surface area contributed by atoms with Gasteiger partial charge in [-0.3, -0.25) is 0 Å². The molecule has 21 heavy (non-hydrogen) atoms. The van der Waals surface area contributed by atoms with E-state index in [9.17, 15) is 0 Å². The first-order valence-corrected chi connectivity index (χ1v) is 7.24. The molecule has 2 rings (SSSR count). The Morgan fingerprint density at radius 2 is 2.24 bits per heavy atom. The topological polar surface area (TPSA) is 105 Å². The fraction of sp³-hybridized carbons (Fsp3) is 0.643. The molecule has 1 aromatic rings. The second-order valence-corrected chi connectivity index (χ2v) is 6.60. The summed E-state index contributed by atoms with van der Waals surface area (Å²) in [6, 6.07) is 2.07. The second kappa shape index (κ2) is 6.15. The van der Waals surface area contributed by atoms with Crippen LogP contribution in [0.15, 0.2) is 17.3 Å². The fourth-order valence-electron chi connectivity index (χ4n) is 2.22. The molecule has 0 spiro atoms. The summed E-state index contributed by atoms with van der Waals surface area (Å²) < 4.78 is 0. The van der Waals surface area contributed by atoms with E-state index in [1.807, 2.05) is 6.07 Å². The molecule has 1 fully saturated rings. The average Bonchev–Trinajstić information content (AvgIpc) is 2.83. The Morgan fingerprint density at radius 1 is 1.48 bits per heavy atom. The van der Waals surface area contributed by atoms with Crippen LogP contribution >= 0.6 is 0 Å². The normalized spacial score (nSPS) is 18.6. The van der Waals surface area contributed by atoms with Crippen molar-refractivity contribution in [3.8, 4) is 0 Å². The average molecular weight is 291 g/mol. The molecule has 1 atom stereocenters. The van der Waals surface area contributed by atoms with E-state index in [1.54, 1.807) is 6.20 Å². The lowest BCUT2D eigenvalue weighted by atomic mass is 9.97. The fourth-order valence-corrected chi connectivity index (χ4v) is 2.22. The highest BCUT2D eigenvalue weighted by Gasteiger charge is 2.23. The third-order valence-corrected chi connectivity index (χ3v) is 3.24. The molecule has 2 heterocycles. The Hall–Kier alpha value is -2.05. The molecule has 1 aliphatic rings. The first-order valence-electron chi connectivity index (χ1n) is 7.24. The molecule has 7 nitrogen and oxygen atoms in total. The molecule has 0 aromatic carbocycles. The van der Waals surface area contributed by atoms with Crippen LogP contribution in [-0.2, 0) is 0 Å². The van der Waals surface area contributed by atoms with Crippen LogP contribution < -0.4 is 21.7 Å². The SMILES string of the molecule is CC(C)(C)CNc1nccc(N2CC[C@@H](N=C(N)N)C2)n1. The van der Waals surface area contributed by atoms with Gasteiger partial charge in [-0.2, -0.15) is 4.98 Å². The minimum absolute atomic E-state index is 0.149. The number of hydrogen-bond acceptors (Lipinski definition) is 5.